The molecule has 0 saturated heterocycles. The monoisotopic (exact) mass is 314 g/mol. The fraction of sp³-hybridized carbons (Fsp3) is 0.278. The van der Waals surface area contributed by atoms with Crippen LogP contribution in [0.4, 0.5) is 10.5 Å². The van der Waals surface area contributed by atoms with E-state index >= 15 is 0 Å². The maximum absolute atomic E-state index is 12.1. The Labute approximate surface area is 136 Å². The Morgan fingerprint density at radius 3 is 2.30 bits per heavy atom. The Morgan fingerprint density at radius 2 is 1.74 bits per heavy atom. The summed E-state index contributed by atoms with van der Waals surface area (Å²) < 4.78 is 5.55. The lowest BCUT2D eigenvalue weighted by molar-refractivity contribution is 0.225. The maximum atomic E-state index is 12.1. The molecule has 0 bridgehead atoms. The first-order valence-corrected chi connectivity index (χ1v) is 7.58. The molecule has 0 saturated carbocycles. The molecule has 0 radical (unpaired) electrons. The summed E-state index contributed by atoms with van der Waals surface area (Å²) >= 11 is 0. The number of benzene rings is 2. The summed E-state index contributed by atoms with van der Waals surface area (Å²) in [5, 5.41) is 14.9. The quantitative estimate of drug-likeness (QED) is 0.766. The number of hydrogen-bond donors (Lipinski definition) is 3. The van der Waals surface area contributed by atoms with Gasteiger partial charge in [-0.15, -0.1) is 0 Å². The van der Waals surface area contributed by atoms with Gasteiger partial charge in [0.15, 0.2) is 0 Å². The average Bonchev–Trinajstić information content (AvgIpc) is 2.55. The van der Waals surface area contributed by atoms with Gasteiger partial charge in [-0.05, 0) is 43.7 Å². The Bertz CT molecular complexity index is 612. The third-order valence-electron chi connectivity index (χ3n) is 3.17. The van der Waals surface area contributed by atoms with E-state index in [4.69, 9.17) is 4.74 Å². The van der Waals surface area contributed by atoms with Gasteiger partial charge >= 0.3 is 6.03 Å². The van der Waals surface area contributed by atoms with Crippen molar-refractivity contribution in [3.05, 3.63) is 60.2 Å². The second-order valence-electron chi connectivity index (χ2n) is 5.44. The lowest BCUT2D eigenvalue weighted by Crippen LogP contribution is -2.34. The Kier molecular flexibility index (Phi) is 6.00. The van der Waals surface area contributed by atoms with Crippen molar-refractivity contribution in [2.24, 2.45) is 0 Å². The van der Waals surface area contributed by atoms with Crippen LogP contribution < -0.4 is 15.4 Å². The van der Waals surface area contributed by atoms with E-state index < -0.39 is 6.04 Å². The summed E-state index contributed by atoms with van der Waals surface area (Å²) in [5.41, 5.74) is 1.51. The normalized spacial score (nSPS) is 11.8. The molecule has 2 aromatic carbocycles. The van der Waals surface area contributed by atoms with Crippen LogP contribution in [0.1, 0.15) is 25.5 Å². The number of rotatable bonds is 6. The highest BCUT2D eigenvalue weighted by molar-refractivity contribution is 5.89. The van der Waals surface area contributed by atoms with Crippen LogP contribution in [0.3, 0.4) is 0 Å². The highest BCUT2D eigenvalue weighted by atomic mass is 16.5. The van der Waals surface area contributed by atoms with Crippen molar-refractivity contribution in [3.63, 3.8) is 0 Å². The predicted octanol–water partition coefficient (Wildman–Crippen LogP) is 3.33. The molecular weight excluding hydrogens is 292 g/mol. The van der Waals surface area contributed by atoms with Crippen molar-refractivity contribution in [3.8, 4) is 5.75 Å². The Morgan fingerprint density at radius 1 is 1.09 bits per heavy atom. The van der Waals surface area contributed by atoms with Crippen molar-refractivity contribution in [2.45, 2.75) is 26.0 Å². The van der Waals surface area contributed by atoms with E-state index in [2.05, 4.69) is 10.6 Å². The molecular formula is C18H22N2O3. The first-order chi connectivity index (χ1) is 11.1. The van der Waals surface area contributed by atoms with E-state index in [9.17, 15) is 9.90 Å². The fourth-order valence-electron chi connectivity index (χ4n) is 2.13. The van der Waals surface area contributed by atoms with E-state index in [0.717, 1.165) is 11.3 Å². The van der Waals surface area contributed by atoms with Crippen LogP contribution in [0.5, 0.6) is 5.75 Å². The van der Waals surface area contributed by atoms with Crippen molar-refractivity contribution >= 4 is 11.7 Å². The van der Waals surface area contributed by atoms with E-state index in [1.165, 1.54) is 0 Å². The summed E-state index contributed by atoms with van der Waals surface area (Å²) in [7, 11) is 0. The van der Waals surface area contributed by atoms with Gasteiger partial charge in [-0.3, -0.25) is 0 Å². The third-order valence-corrected chi connectivity index (χ3v) is 3.17. The molecule has 23 heavy (non-hydrogen) atoms. The van der Waals surface area contributed by atoms with Gasteiger partial charge in [0.25, 0.3) is 0 Å². The lowest BCUT2D eigenvalue weighted by atomic mass is 10.1. The molecule has 0 aromatic heterocycles. The van der Waals surface area contributed by atoms with E-state index in [-0.39, 0.29) is 18.7 Å². The molecule has 0 fully saturated rings. The van der Waals surface area contributed by atoms with Gasteiger partial charge in [0, 0.05) is 5.69 Å². The highest BCUT2D eigenvalue weighted by Gasteiger charge is 2.13. The van der Waals surface area contributed by atoms with Gasteiger partial charge in [-0.1, -0.05) is 30.3 Å². The first kappa shape index (κ1) is 16.8. The second-order valence-corrected chi connectivity index (χ2v) is 5.44. The molecule has 122 valence electrons. The maximum Gasteiger partial charge on any atom is 0.319 e. The van der Waals surface area contributed by atoms with Crippen molar-refractivity contribution in [1.29, 1.82) is 0 Å². The number of ether oxygens (including phenoxy) is 1. The second kappa shape index (κ2) is 8.19. The molecule has 5 nitrogen and oxygen atoms in total. The minimum atomic E-state index is -0.445. The lowest BCUT2D eigenvalue weighted by Gasteiger charge is -2.17. The molecule has 0 unspecified atom stereocenters. The molecule has 1 atom stereocenters. The first-order valence-electron chi connectivity index (χ1n) is 7.58. The molecule has 0 spiro atoms. The molecule has 2 amide bonds. The minimum absolute atomic E-state index is 0.105. The zero-order valence-corrected chi connectivity index (χ0v) is 13.3. The molecule has 3 N–H and O–H groups in total. The van der Waals surface area contributed by atoms with Crippen LogP contribution in [0, 0.1) is 0 Å². The zero-order chi connectivity index (χ0) is 16.7. The summed E-state index contributed by atoms with van der Waals surface area (Å²) in [4.78, 5) is 12.1. The van der Waals surface area contributed by atoms with Crippen LogP contribution >= 0.6 is 0 Å². The molecule has 0 aliphatic heterocycles. The number of carbonyl (C=O) groups is 1. The highest BCUT2D eigenvalue weighted by Crippen LogP contribution is 2.17. The van der Waals surface area contributed by atoms with E-state index in [1.54, 1.807) is 24.3 Å². The van der Waals surface area contributed by atoms with Crippen LogP contribution in [-0.2, 0) is 0 Å². The van der Waals surface area contributed by atoms with Crippen molar-refractivity contribution in [2.75, 3.05) is 11.9 Å². The molecule has 5 heteroatoms. The summed E-state index contributed by atoms with van der Waals surface area (Å²) in [6.07, 6.45) is 0.105. The van der Waals surface area contributed by atoms with Crippen LogP contribution in [0.15, 0.2) is 54.6 Å². The minimum Gasteiger partial charge on any atom is -0.491 e. The standard InChI is InChI=1S/C18H22N2O3/c1-13(2)23-16-10-8-15(9-11-16)19-18(22)20-17(12-21)14-6-4-3-5-7-14/h3-11,13,17,21H,12H2,1-2H3,(H2,19,20,22)/t17-/m1/s1. The van der Waals surface area contributed by atoms with Gasteiger partial charge in [0.2, 0.25) is 0 Å². The number of carbonyl (C=O) groups excluding carboxylic acids is 1. The Balaban J connectivity index is 1.93. The Hall–Kier alpha value is -2.53. The predicted molar refractivity (Wildman–Crippen MR) is 90.6 cm³/mol. The largest absolute Gasteiger partial charge is 0.491 e. The van der Waals surface area contributed by atoms with Gasteiger partial charge in [0.05, 0.1) is 18.8 Å². The summed E-state index contributed by atoms with van der Waals surface area (Å²) in [6.45, 7) is 3.75. The molecule has 0 heterocycles. The van der Waals surface area contributed by atoms with Crippen molar-refractivity contribution in [1.82, 2.24) is 5.32 Å². The van der Waals surface area contributed by atoms with E-state index in [0.29, 0.717) is 5.69 Å². The number of urea groups is 1. The number of amides is 2. The molecule has 2 rings (SSSR count). The van der Waals surface area contributed by atoms with Gasteiger partial charge in [-0.2, -0.15) is 0 Å². The SMILES string of the molecule is CC(C)Oc1ccc(NC(=O)N[C@H](CO)c2ccccc2)cc1. The smallest absolute Gasteiger partial charge is 0.319 e. The van der Waals surface area contributed by atoms with Crippen LogP contribution in [-0.4, -0.2) is 23.8 Å². The number of hydrogen-bond acceptors (Lipinski definition) is 3. The number of aliphatic hydroxyl groups is 1. The van der Waals surface area contributed by atoms with Gasteiger partial charge in [-0.25, -0.2) is 4.79 Å². The molecule has 0 aliphatic rings. The third kappa shape index (κ3) is 5.30. The topological polar surface area (TPSA) is 70.6 Å². The van der Waals surface area contributed by atoms with Gasteiger partial charge in [0.1, 0.15) is 5.75 Å². The zero-order valence-electron chi connectivity index (χ0n) is 13.3. The van der Waals surface area contributed by atoms with Gasteiger partial charge < -0.3 is 20.5 Å². The average molecular weight is 314 g/mol. The molecule has 2 aromatic rings. The van der Waals surface area contributed by atoms with E-state index in [1.807, 2.05) is 44.2 Å². The summed E-state index contributed by atoms with van der Waals surface area (Å²) in [6, 6.07) is 15.7. The van der Waals surface area contributed by atoms with Crippen LogP contribution in [0.2, 0.25) is 0 Å². The number of anilines is 1. The van der Waals surface area contributed by atoms with Crippen molar-refractivity contribution < 1.29 is 14.6 Å². The number of aliphatic hydroxyl groups excluding tert-OH is 1. The molecule has 0 aliphatic carbocycles. The fourth-order valence-corrected chi connectivity index (χ4v) is 2.13. The van der Waals surface area contributed by atoms with Crippen LogP contribution in [0.25, 0.3) is 0 Å². The number of nitrogens with one attached hydrogen (secondary N) is 2. The summed E-state index contributed by atoms with van der Waals surface area (Å²) in [5.74, 6) is 0.753.